The SMILES string of the molecule is Cc1cc2c(C(C)C)c(O)c(O)c(C(=O)O)c2cc1-c1c(C)cc2c(C(C)C)c(O)c(O)cc2c1C(=O)O. The number of aromatic carboxylic acids is 2. The lowest BCUT2D eigenvalue weighted by molar-refractivity contribution is 0.0686. The van der Waals surface area contributed by atoms with E-state index >= 15 is 0 Å². The first-order chi connectivity index (χ1) is 17.7. The Morgan fingerprint density at radius 3 is 1.58 bits per heavy atom. The highest BCUT2D eigenvalue weighted by molar-refractivity contribution is 6.14. The molecule has 6 N–H and O–H groups in total. The van der Waals surface area contributed by atoms with Gasteiger partial charge in [0.15, 0.2) is 23.0 Å². The van der Waals surface area contributed by atoms with Gasteiger partial charge in [0.1, 0.15) is 5.56 Å². The maximum atomic E-state index is 12.7. The average molecular weight is 519 g/mol. The molecule has 8 nitrogen and oxygen atoms in total. The van der Waals surface area contributed by atoms with E-state index in [1.807, 2.05) is 27.7 Å². The summed E-state index contributed by atoms with van der Waals surface area (Å²) in [6, 6.07) is 6.20. The zero-order chi connectivity index (χ0) is 28.4. The monoisotopic (exact) mass is 518 g/mol. The molecule has 4 rings (SSSR count). The molecule has 0 heterocycles. The fraction of sp³-hybridized carbons (Fsp3) is 0.267. The van der Waals surface area contributed by atoms with Crippen molar-refractivity contribution in [2.45, 2.75) is 53.4 Å². The van der Waals surface area contributed by atoms with Gasteiger partial charge in [-0.2, -0.15) is 0 Å². The molecule has 38 heavy (non-hydrogen) atoms. The van der Waals surface area contributed by atoms with Gasteiger partial charge in [-0.15, -0.1) is 0 Å². The van der Waals surface area contributed by atoms with Gasteiger partial charge in [-0.05, 0) is 65.3 Å². The summed E-state index contributed by atoms with van der Waals surface area (Å²) < 4.78 is 0. The second-order valence-corrected chi connectivity index (χ2v) is 10.3. The second-order valence-electron chi connectivity index (χ2n) is 10.3. The van der Waals surface area contributed by atoms with E-state index in [9.17, 15) is 40.2 Å². The number of phenolic OH excluding ortho intramolecular Hbond substituents is 3. The van der Waals surface area contributed by atoms with E-state index in [4.69, 9.17) is 0 Å². The molecule has 0 saturated carbocycles. The first-order valence-corrected chi connectivity index (χ1v) is 12.2. The minimum Gasteiger partial charge on any atom is -0.504 e. The van der Waals surface area contributed by atoms with Crippen LogP contribution in [0.15, 0.2) is 24.3 Å². The lowest BCUT2D eigenvalue weighted by atomic mass is 9.82. The third kappa shape index (κ3) is 3.84. The van der Waals surface area contributed by atoms with Crippen molar-refractivity contribution in [2.75, 3.05) is 0 Å². The van der Waals surface area contributed by atoms with Crippen LogP contribution < -0.4 is 0 Å². The topological polar surface area (TPSA) is 156 Å². The molecule has 0 radical (unpaired) electrons. The van der Waals surface area contributed by atoms with Crippen LogP contribution >= 0.6 is 0 Å². The predicted molar refractivity (Wildman–Crippen MR) is 145 cm³/mol. The summed E-state index contributed by atoms with van der Waals surface area (Å²) in [6.07, 6.45) is 0. The Balaban J connectivity index is 2.25. The van der Waals surface area contributed by atoms with Gasteiger partial charge in [0, 0.05) is 27.5 Å². The number of carbonyl (C=O) groups is 2. The van der Waals surface area contributed by atoms with Crippen LogP contribution in [0.4, 0.5) is 0 Å². The van der Waals surface area contributed by atoms with E-state index in [1.165, 1.54) is 12.1 Å². The van der Waals surface area contributed by atoms with Gasteiger partial charge >= 0.3 is 11.9 Å². The molecule has 0 unspecified atom stereocenters. The Morgan fingerprint density at radius 1 is 0.605 bits per heavy atom. The molecule has 0 aliphatic heterocycles. The highest BCUT2D eigenvalue weighted by Crippen LogP contribution is 2.48. The molecular formula is C30H30O8. The van der Waals surface area contributed by atoms with Crippen LogP contribution in [0.5, 0.6) is 23.0 Å². The fourth-order valence-corrected chi connectivity index (χ4v) is 5.54. The maximum Gasteiger partial charge on any atom is 0.340 e. The van der Waals surface area contributed by atoms with Gasteiger partial charge in [-0.1, -0.05) is 39.8 Å². The zero-order valence-electron chi connectivity index (χ0n) is 22.0. The van der Waals surface area contributed by atoms with Gasteiger partial charge < -0.3 is 30.6 Å². The largest absolute Gasteiger partial charge is 0.504 e. The quantitative estimate of drug-likeness (QED) is 0.159. The Kier molecular flexibility index (Phi) is 6.39. The van der Waals surface area contributed by atoms with Crippen LogP contribution in [0.2, 0.25) is 0 Å². The lowest BCUT2D eigenvalue weighted by Gasteiger charge is -2.22. The molecule has 4 aromatic carbocycles. The summed E-state index contributed by atoms with van der Waals surface area (Å²) in [5.74, 6) is -5.17. The zero-order valence-corrected chi connectivity index (χ0v) is 22.0. The number of carboxylic acids is 2. The number of fused-ring (bicyclic) bond motifs is 2. The molecule has 0 fully saturated rings. The van der Waals surface area contributed by atoms with E-state index < -0.39 is 34.8 Å². The highest BCUT2D eigenvalue weighted by atomic mass is 16.4. The predicted octanol–water partition coefficient (Wildman–Crippen LogP) is 6.74. The summed E-state index contributed by atoms with van der Waals surface area (Å²) in [4.78, 5) is 24.9. The van der Waals surface area contributed by atoms with E-state index in [1.54, 1.807) is 26.0 Å². The Morgan fingerprint density at radius 2 is 1.08 bits per heavy atom. The molecule has 0 spiro atoms. The smallest absolute Gasteiger partial charge is 0.340 e. The summed E-state index contributed by atoms with van der Waals surface area (Å²) in [5, 5.41) is 63.9. The molecule has 0 bridgehead atoms. The van der Waals surface area contributed by atoms with E-state index in [0.717, 1.165) is 0 Å². The van der Waals surface area contributed by atoms with Crippen molar-refractivity contribution in [1.29, 1.82) is 0 Å². The summed E-state index contributed by atoms with van der Waals surface area (Å²) in [5.41, 5.74) is 2.14. The number of aryl methyl sites for hydroxylation is 2. The molecule has 0 aromatic heterocycles. The number of phenols is 4. The first kappa shape index (κ1) is 26.6. The number of rotatable bonds is 5. The van der Waals surface area contributed by atoms with E-state index in [0.29, 0.717) is 44.2 Å². The van der Waals surface area contributed by atoms with Crippen molar-refractivity contribution < 1.29 is 40.2 Å². The normalized spacial score (nSPS) is 11.7. The Labute approximate surface area is 219 Å². The van der Waals surface area contributed by atoms with Crippen molar-refractivity contribution in [2.24, 2.45) is 0 Å². The Hall–Kier alpha value is -4.46. The average Bonchev–Trinajstić information content (AvgIpc) is 2.79. The second kappa shape index (κ2) is 9.13. The molecule has 0 aliphatic carbocycles. The molecule has 4 aromatic rings. The number of hydrogen-bond donors (Lipinski definition) is 6. The highest BCUT2D eigenvalue weighted by Gasteiger charge is 2.28. The van der Waals surface area contributed by atoms with Crippen LogP contribution in [-0.2, 0) is 0 Å². The van der Waals surface area contributed by atoms with E-state index in [-0.39, 0.29) is 33.9 Å². The van der Waals surface area contributed by atoms with E-state index in [2.05, 4.69) is 0 Å². The van der Waals surface area contributed by atoms with Gasteiger partial charge in [0.25, 0.3) is 0 Å². The molecule has 0 atom stereocenters. The summed E-state index contributed by atoms with van der Waals surface area (Å²) >= 11 is 0. The molecule has 198 valence electrons. The summed E-state index contributed by atoms with van der Waals surface area (Å²) in [7, 11) is 0. The van der Waals surface area contributed by atoms with Crippen LogP contribution in [0.1, 0.15) is 82.5 Å². The number of hydrogen-bond acceptors (Lipinski definition) is 6. The van der Waals surface area contributed by atoms with Gasteiger partial charge in [0.05, 0.1) is 5.56 Å². The van der Waals surface area contributed by atoms with Crippen LogP contribution in [0.3, 0.4) is 0 Å². The number of aromatic hydroxyl groups is 4. The Bertz CT molecular complexity index is 1680. The number of benzene rings is 4. The van der Waals surface area contributed by atoms with Gasteiger partial charge in [-0.3, -0.25) is 0 Å². The van der Waals surface area contributed by atoms with Crippen molar-refractivity contribution in [3.05, 3.63) is 57.6 Å². The standard InChI is InChI=1S/C30H30O8/c1-11(2)21-17-8-14(6)23(24(29(35)36)19(17)10-20(31)26(21)32)15-9-18-16(7-13(15)5)22(12(3)4)27(33)28(34)25(18)30(37)38/h7-12,31-34H,1-6H3,(H,35,36)(H,37,38). The minimum absolute atomic E-state index is 0.108. The van der Waals surface area contributed by atoms with Crippen molar-refractivity contribution in [1.82, 2.24) is 0 Å². The summed E-state index contributed by atoms with van der Waals surface area (Å²) in [6.45, 7) is 10.8. The van der Waals surface area contributed by atoms with Gasteiger partial charge in [0.2, 0.25) is 0 Å². The lowest BCUT2D eigenvalue weighted by Crippen LogP contribution is -2.07. The molecule has 8 heteroatoms. The molecule has 0 amide bonds. The third-order valence-electron chi connectivity index (χ3n) is 7.13. The van der Waals surface area contributed by atoms with Crippen molar-refractivity contribution in [3.8, 4) is 34.1 Å². The van der Waals surface area contributed by atoms with Crippen LogP contribution in [-0.4, -0.2) is 42.6 Å². The minimum atomic E-state index is -1.44. The number of carboxylic acid groups (broad SMARTS) is 2. The molecular weight excluding hydrogens is 488 g/mol. The maximum absolute atomic E-state index is 12.7. The van der Waals surface area contributed by atoms with Gasteiger partial charge in [-0.25, -0.2) is 9.59 Å². The first-order valence-electron chi connectivity index (χ1n) is 12.2. The molecule has 0 saturated heterocycles. The third-order valence-corrected chi connectivity index (χ3v) is 7.13. The van der Waals surface area contributed by atoms with Crippen molar-refractivity contribution >= 4 is 33.5 Å². The molecule has 0 aliphatic rings. The van der Waals surface area contributed by atoms with Crippen molar-refractivity contribution in [3.63, 3.8) is 0 Å². The van der Waals surface area contributed by atoms with Crippen LogP contribution in [0, 0.1) is 13.8 Å². The van der Waals surface area contributed by atoms with Crippen LogP contribution in [0.25, 0.3) is 32.7 Å². The fourth-order valence-electron chi connectivity index (χ4n) is 5.54.